The summed E-state index contributed by atoms with van der Waals surface area (Å²) in [6.45, 7) is 6.42. The van der Waals surface area contributed by atoms with E-state index in [2.05, 4.69) is 27.0 Å². The largest absolute Gasteiger partial charge is 0.341 e. The van der Waals surface area contributed by atoms with Crippen LogP contribution in [0.5, 0.6) is 0 Å². The molecule has 3 fully saturated rings. The molecule has 2 saturated carbocycles. The Morgan fingerprint density at radius 3 is 2.50 bits per heavy atom. The summed E-state index contributed by atoms with van der Waals surface area (Å²) < 4.78 is 5.31. The number of carbonyl (C=O) groups is 1. The third-order valence-corrected chi connectivity index (χ3v) is 7.23. The first kappa shape index (κ1) is 25.4. The van der Waals surface area contributed by atoms with Gasteiger partial charge in [0.2, 0.25) is 11.8 Å². The molecule has 3 unspecified atom stereocenters. The SMILES string of the molecule is CC(C)c1nc(CN(C)C2CCN(C(=O)C3CC4CCCC(C3)C4N)C2)no1.Cl.Cl. The van der Waals surface area contributed by atoms with Gasteiger partial charge in [-0.1, -0.05) is 25.4 Å². The summed E-state index contributed by atoms with van der Waals surface area (Å²) in [7, 11) is 2.09. The van der Waals surface area contributed by atoms with Crippen molar-refractivity contribution in [1.29, 1.82) is 0 Å². The van der Waals surface area contributed by atoms with E-state index in [0.29, 0.717) is 42.3 Å². The van der Waals surface area contributed by atoms with Crippen LogP contribution < -0.4 is 5.73 Å². The summed E-state index contributed by atoms with van der Waals surface area (Å²) >= 11 is 0. The number of fused-ring (bicyclic) bond motifs is 2. The van der Waals surface area contributed by atoms with E-state index in [1.807, 2.05) is 13.8 Å². The number of rotatable bonds is 5. The first-order chi connectivity index (χ1) is 13.4. The van der Waals surface area contributed by atoms with Gasteiger partial charge in [-0.25, -0.2) is 0 Å². The molecule has 172 valence electrons. The molecule has 0 radical (unpaired) electrons. The lowest BCUT2D eigenvalue weighted by Gasteiger charge is -2.44. The molecular weight excluding hydrogens is 425 g/mol. The number of nitrogens with zero attached hydrogens (tertiary/aromatic N) is 4. The molecule has 30 heavy (non-hydrogen) atoms. The molecule has 4 rings (SSSR count). The minimum absolute atomic E-state index is 0. The number of aromatic nitrogens is 2. The molecule has 1 saturated heterocycles. The zero-order valence-electron chi connectivity index (χ0n) is 18.3. The molecule has 3 atom stereocenters. The lowest BCUT2D eigenvalue weighted by molar-refractivity contribution is -0.137. The Hall–Kier alpha value is -0.890. The monoisotopic (exact) mass is 461 g/mol. The summed E-state index contributed by atoms with van der Waals surface area (Å²) in [5.41, 5.74) is 6.40. The maximum Gasteiger partial charge on any atom is 0.229 e. The summed E-state index contributed by atoms with van der Waals surface area (Å²) in [6, 6.07) is 0.677. The van der Waals surface area contributed by atoms with Crippen molar-refractivity contribution in [1.82, 2.24) is 19.9 Å². The van der Waals surface area contributed by atoms with Gasteiger partial charge in [-0.15, -0.1) is 24.8 Å². The Morgan fingerprint density at radius 1 is 1.23 bits per heavy atom. The van der Waals surface area contributed by atoms with E-state index in [4.69, 9.17) is 10.3 Å². The lowest BCUT2D eigenvalue weighted by atomic mass is 9.65. The van der Waals surface area contributed by atoms with Gasteiger partial charge in [-0.2, -0.15) is 4.98 Å². The molecule has 2 N–H and O–H groups in total. The van der Waals surface area contributed by atoms with E-state index in [1.54, 1.807) is 0 Å². The Bertz CT molecular complexity index is 687. The van der Waals surface area contributed by atoms with Crippen LogP contribution in [0, 0.1) is 17.8 Å². The fourth-order valence-corrected chi connectivity index (χ4v) is 5.47. The highest BCUT2D eigenvalue weighted by molar-refractivity contribution is 5.85. The number of carbonyl (C=O) groups excluding carboxylic acids is 1. The minimum Gasteiger partial charge on any atom is -0.341 e. The maximum absolute atomic E-state index is 13.2. The number of likely N-dealkylation sites (N-methyl/N-ethyl adjacent to an activating group) is 1. The molecule has 2 aliphatic carbocycles. The van der Waals surface area contributed by atoms with E-state index < -0.39 is 0 Å². The number of hydrogen-bond donors (Lipinski definition) is 1. The van der Waals surface area contributed by atoms with Gasteiger partial charge >= 0.3 is 0 Å². The molecule has 1 aromatic rings. The van der Waals surface area contributed by atoms with Crippen molar-refractivity contribution >= 4 is 30.7 Å². The second-order valence-corrected chi connectivity index (χ2v) is 9.54. The van der Waals surface area contributed by atoms with E-state index in [-0.39, 0.29) is 36.6 Å². The standard InChI is InChI=1S/C21H35N5O2.2ClH/c1-13(2)20-23-18(24-28-20)12-25(3)17-7-8-26(11-17)21(27)16-9-14-5-4-6-15(10-16)19(14)22;;/h13-17,19H,4-12,22H2,1-3H3;2*1H. The van der Waals surface area contributed by atoms with Crippen LogP contribution in [0.2, 0.25) is 0 Å². The van der Waals surface area contributed by atoms with Crippen molar-refractivity contribution in [3.63, 3.8) is 0 Å². The van der Waals surface area contributed by atoms with Crippen molar-refractivity contribution in [3.8, 4) is 0 Å². The molecule has 3 aliphatic rings. The summed E-state index contributed by atoms with van der Waals surface area (Å²) in [6.07, 6.45) is 6.69. The van der Waals surface area contributed by atoms with Crippen LogP contribution in [-0.4, -0.2) is 58.1 Å². The van der Waals surface area contributed by atoms with Gasteiger partial charge in [0.1, 0.15) is 0 Å². The van der Waals surface area contributed by atoms with E-state index in [0.717, 1.165) is 38.2 Å². The third-order valence-electron chi connectivity index (χ3n) is 7.23. The first-order valence-electron chi connectivity index (χ1n) is 11.0. The fraction of sp³-hybridized carbons (Fsp3) is 0.857. The summed E-state index contributed by atoms with van der Waals surface area (Å²) in [5.74, 6) is 3.31. The zero-order valence-corrected chi connectivity index (χ0v) is 20.0. The molecule has 1 amide bonds. The van der Waals surface area contributed by atoms with Crippen molar-refractivity contribution in [2.45, 2.75) is 76.9 Å². The van der Waals surface area contributed by atoms with Crippen LogP contribution in [0.3, 0.4) is 0 Å². The lowest BCUT2D eigenvalue weighted by Crippen LogP contribution is -2.49. The summed E-state index contributed by atoms with van der Waals surface area (Å²) in [4.78, 5) is 22.0. The Kier molecular flexibility index (Phi) is 8.98. The van der Waals surface area contributed by atoms with Gasteiger partial charge in [-0.05, 0) is 51.0 Å². The third kappa shape index (κ3) is 5.29. The molecule has 2 heterocycles. The van der Waals surface area contributed by atoms with E-state index >= 15 is 0 Å². The Labute approximate surface area is 192 Å². The highest BCUT2D eigenvalue weighted by Crippen LogP contribution is 2.42. The van der Waals surface area contributed by atoms with Crippen molar-refractivity contribution in [2.24, 2.45) is 23.5 Å². The number of hydrogen-bond acceptors (Lipinski definition) is 6. The average molecular weight is 462 g/mol. The van der Waals surface area contributed by atoms with Crippen LogP contribution in [0.25, 0.3) is 0 Å². The van der Waals surface area contributed by atoms with Gasteiger partial charge < -0.3 is 15.2 Å². The van der Waals surface area contributed by atoms with Crippen LogP contribution in [0.1, 0.15) is 70.0 Å². The van der Waals surface area contributed by atoms with Crippen LogP contribution in [0.4, 0.5) is 0 Å². The Balaban J connectivity index is 0.00000160. The predicted octanol–water partition coefficient (Wildman–Crippen LogP) is 3.22. The van der Waals surface area contributed by atoms with Gasteiger partial charge in [0.05, 0.1) is 6.54 Å². The zero-order chi connectivity index (χ0) is 19.8. The molecule has 2 bridgehead atoms. The van der Waals surface area contributed by atoms with E-state index in [9.17, 15) is 4.79 Å². The average Bonchev–Trinajstić information content (AvgIpc) is 3.30. The Morgan fingerprint density at radius 2 is 1.90 bits per heavy atom. The van der Waals surface area contributed by atoms with Gasteiger partial charge in [-0.3, -0.25) is 9.69 Å². The normalized spacial score (nSPS) is 30.9. The smallest absolute Gasteiger partial charge is 0.229 e. The van der Waals surface area contributed by atoms with Crippen molar-refractivity contribution < 1.29 is 9.32 Å². The summed E-state index contributed by atoms with van der Waals surface area (Å²) in [5, 5.41) is 4.10. The van der Waals surface area contributed by atoms with Crippen LogP contribution in [-0.2, 0) is 11.3 Å². The molecule has 9 heteroatoms. The first-order valence-corrected chi connectivity index (χ1v) is 11.0. The number of amides is 1. The van der Waals surface area contributed by atoms with Crippen LogP contribution in [0.15, 0.2) is 4.52 Å². The minimum atomic E-state index is 0. The molecule has 7 nitrogen and oxygen atoms in total. The van der Waals surface area contributed by atoms with Gasteiger partial charge in [0.15, 0.2) is 5.82 Å². The molecular formula is C21H37Cl2N5O2. The molecule has 0 spiro atoms. The van der Waals surface area contributed by atoms with Crippen molar-refractivity contribution in [2.75, 3.05) is 20.1 Å². The quantitative estimate of drug-likeness (QED) is 0.723. The maximum atomic E-state index is 13.2. The predicted molar refractivity (Wildman–Crippen MR) is 121 cm³/mol. The van der Waals surface area contributed by atoms with Crippen molar-refractivity contribution in [3.05, 3.63) is 11.7 Å². The molecule has 1 aliphatic heterocycles. The van der Waals surface area contributed by atoms with Gasteiger partial charge in [0.25, 0.3) is 0 Å². The highest BCUT2D eigenvalue weighted by atomic mass is 35.5. The molecule has 0 aromatic carbocycles. The van der Waals surface area contributed by atoms with Crippen LogP contribution >= 0.6 is 24.8 Å². The number of halogens is 2. The highest BCUT2D eigenvalue weighted by Gasteiger charge is 2.42. The fourth-order valence-electron chi connectivity index (χ4n) is 5.47. The topological polar surface area (TPSA) is 88.5 Å². The number of nitrogens with two attached hydrogens (primary N) is 1. The molecule has 1 aromatic heterocycles. The number of likely N-dealkylation sites (tertiary alicyclic amines) is 1. The second-order valence-electron chi connectivity index (χ2n) is 9.54. The second kappa shape index (κ2) is 10.6. The van der Waals surface area contributed by atoms with Gasteiger partial charge in [0, 0.05) is 37.0 Å². The van der Waals surface area contributed by atoms with E-state index in [1.165, 1.54) is 19.3 Å².